The average Bonchev–Trinajstić information content (AvgIpc) is 2.92. The van der Waals surface area contributed by atoms with Crippen LogP contribution in [-0.4, -0.2) is 19.2 Å². The van der Waals surface area contributed by atoms with Crippen molar-refractivity contribution in [3.05, 3.63) is 29.8 Å². The fraction of sp³-hybridized carbons (Fsp3) is 0.684. The van der Waals surface area contributed by atoms with Crippen LogP contribution in [-0.2, 0) is 0 Å². The van der Waals surface area contributed by atoms with Crippen LogP contribution >= 0.6 is 0 Å². The average molecular weight is 287 g/mol. The molecule has 21 heavy (non-hydrogen) atoms. The third-order valence-corrected chi connectivity index (χ3v) is 5.76. The molecule has 0 amide bonds. The highest BCUT2D eigenvalue weighted by atomic mass is 16.5. The maximum absolute atomic E-state index is 5.94. The van der Waals surface area contributed by atoms with E-state index in [1.807, 2.05) is 0 Å². The van der Waals surface area contributed by atoms with Crippen molar-refractivity contribution in [2.24, 2.45) is 17.8 Å². The largest absolute Gasteiger partial charge is 0.493 e. The summed E-state index contributed by atoms with van der Waals surface area (Å²) in [4.78, 5) is 0. The van der Waals surface area contributed by atoms with Gasteiger partial charge in [-0.05, 0) is 43.2 Å². The summed E-state index contributed by atoms with van der Waals surface area (Å²) >= 11 is 0. The van der Waals surface area contributed by atoms with Gasteiger partial charge in [-0.2, -0.15) is 0 Å². The van der Waals surface area contributed by atoms with Crippen molar-refractivity contribution in [1.29, 1.82) is 0 Å². The molecule has 0 bridgehead atoms. The lowest BCUT2D eigenvalue weighted by atomic mass is 9.70. The molecular weight excluding hydrogens is 258 g/mol. The Kier molecular flexibility index (Phi) is 4.54. The Morgan fingerprint density at radius 1 is 1.19 bits per heavy atom. The van der Waals surface area contributed by atoms with Gasteiger partial charge < -0.3 is 10.1 Å². The molecule has 2 aliphatic rings. The molecule has 0 spiro atoms. The van der Waals surface area contributed by atoms with E-state index in [4.69, 9.17) is 4.74 Å². The topological polar surface area (TPSA) is 21.3 Å². The van der Waals surface area contributed by atoms with E-state index in [-0.39, 0.29) is 0 Å². The number of nitrogens with one attached hydrogen (secondary N) is 1. The quantitative estimate of drug-likeness (QED) is 0.895. The van der Waals surface area contributed by atoms with Gasteiger partial charge in [0.15, 0.2) is 0 Å². The smallest absolute Gasteiger partial charge is 0.122 e. The van der Waals surface area contributed by atoms with E-state index in [1.165, 1.54) is 24.8 Å². The van der Waals surface area contributed by atoms with Crippen molar-refractivity contribution in [2.75, 3.05) is 13.2 Å². The normalized spacial score (nSPS) is 33.3. The first-order valence-corrected chi connectivity index (χ1v) is 8.65. The van der Waals surface area contributed by atoms with Crippen molar-refractivity contribution >= 4 is 0 Å². The zero-order valence-corrected chi connectivity index (χ0v) is 13.6. The van der Waals surface area contributed by atoms with Crippen LogP contribution in [0.25, 0.3) is 0 Å². The lowest BCUT2D eigenvalue weighted by Gasteiger charge is -2.39. The minimum atomic E-state index is 0.520. The van der Waals surface area contributed by atoms with Crippen LogP contribution < -0.4 is 10.1 Å². The Morgan fingerprint density at radius 3 is 2.76 bits per heavy atom. The summed E-state index contributed by atoms with van der Waals surface area (Å²) in [5.41, 5.74) is 1.41. The predicted octanol–water partition coefficient (Wildman–Crippen LogP) is 4.21. The third kappa shape index (κ3) is 2.96. The van der Waals surface area contributed by atoms with Gasteiger partial charge in [-0.1, -0.05) is 45.4 Å². The molecule has 3 rings (SSSR count). The van der Waals surface area contributed by atoms with Crippen LogP contribution in [0, 0.1) is 17.8 Å². The lowest BCUT2D eigenvalue weighted by molar-refractivity contribution is 0.150. The number of fused-ring (bicyclic) bond motifs is 1. The second kappa shape index (κ2) is 6.39. The molecule has 1 aromatic carbocycles. The van der Waals surface area contributed by atoms with Gasteiger partial charge in [0.25, 0.3) is 0 Å². The standard InChI is InChI=1S/C19H29NO/c1-4-20-19(15-10-9-13(2)14(3)11-15)17-12-21-18-8-6-5-7-16(17)18/h5-8,13-15,17,19-20H,4,9-12H2,1-3H3. The number of hydrogen-bond donors (Lipinski definition) is 1. The zero-order valence-electron chi connectivity index (χ0n) is 13.6. The molecule has 5 unspecified atom stereocenters. The molecule has 1 fully saturated rings. The van der Waals surface area contributed by atoms with E-state index in [2.05, 4.69) is 50.4 Å². The second-order valence-electron chi connectivity index (χ2n) is 7.07. The van der Waals surface area contributed by atoms with E-state index < -0.39 is 0 Å². The number of hydrogen-bond acceptors (Lipinski definition) is 2. The highest BCUT2D eigenvalue weighted by Crippen LogP contribution is 2.42. The fourth-order valence-corrected chi connectivity index (χ4v) is 4.27. The van der Waals surface area contributed by atoms with Crippen molar-refractivity contribution in [3.8, 4) is 5.75 Å². The molecule has 1 N–H and O–H groups in total. The molecule has 2 nitrogen and oxygen atoms in total. The van der Waals surface area contributed by atoms with Gasteiger partial charge in [0.2, 0.25) is 0 Å². The van der Waals surface area contributed by atoms with Crippen LogP contribution in [0.5, 0.6) is 5.75 Å². The van der Waals surface area contributed by atoms with E-state index in [9.17, 15) is 0 Å². The Hall–Kier alpha value is -1.02. The highest BCUT2D eigenvalue weighted by Gasteiger charge is 2.38. The third-order valence-electron chi connectivity index (χ3n) is 5.76. The van der Waals surface area contributed by atoms with Crippen molar-refractivity contribution in [3.63, 3.8) is 0 Å². The summed E-state index contributed by atoms with van der Waals surface area (Å²) in [7, 11) is 0. The molecule has 0 aromatic heterocycles. The minimum absolute atomic E-state index is 0.520. The Balaban J connectivity index is 1.79. The fourth-order valence-electron chi connectivity index (χ4n) is 4.27. The summed E-state index contributed by atoms with van der Waals surface area (Å²) in [6.07, 6.45) is 4.10. The number of benzene rings is 1. The van der Waals surface area contributed by atoms with Gasteiger partial charge in [-0.3, -0.25) is 0 Å². The van der Waals surface area contributed by atoms with E-state index in [0.29, 0.717) is 12.0 Å². The van der Waals surface area contributed by atoms with E-state index in [0.717, 1.165) is 36.7 Å². The Bertz CT molecular complexity index is 472. The number of ether oxygens (including phenoxy) is 1. The van der Waals surface area contributed by atoms with Gasteiger partial charge in [0, 0.05) is 17.5 Å². The van der Waals surface area contributed by atoms with Crippen LogP contribution in [0.15, 0.2) is 24.3 Å². The molecule has 5 atom stereocenters. The van der Waals surface area contributed by atoms with Crippen molar-refractivity contribution in [1.82, 2.24) is 5.32 Å². The van der Waals surface area contributed by atoms with Crippen molar-refractivity contribution in [2.45, 2.75) is 52.0 Å². The summed E-state index contributed by atoms with van der Waals surface area (Å²) in [6.45, 7) is 8.96. The molecular formula is C19H29NO. The molecule has 1 aliphatic heterocycles. The predicted molar refractivity (Wildman–Crippen MR) is 87.8 cm³/mol. The molecule has 116 valence electrons. The summed E-state index contributed by atoms with van der Waals surface area (Å²) in [6, 6.07) is 9.16. The second-order valence-corrected chi connectivity index (χ2v) is 7.07. The van der Waals surface area contributed by atoms with Crippen LogP contribution in [0.1, 0.15) is 51.5 Å². The SMILES string of the molecule is CCNC(C1CCC(C)C(C)C1)C1COc2ccccc21. The van der Waals surface area contributed by atoms with E-state index in [1.54, 1.807) is 0 Å². The van der Waals surface area contributed by atoms with Crippen LogP contribution in [0.3, 0.4) is 0 Å². The van der Waals surface area contributed by atoms with E-state index >= 15 is 0 Å². The highest BCUT2D eigenvalue weighted by molar-refractivity contribution is 5.40. The zero-order chi connectivity index (χ0) is 14.8. The first-order valence-electron chi connectivity index (χ1n) is 8.65. The van der Waals surface area contributed by atoms with Gasteiger partial charge in [-0.15, -0.1) is 0 Å². The monoisotopic (exact) mass is 287 g/mol. The first-order chi connectivity index (χ1) is 10.2. The van der Waals surface area contributed by atoms with Gasteiger partial charge in [-0.25, -0.2) is 0 Å². The lowest BCUT2D eigenvalue weighted by Crippen LogP contribution is -2.44. The minimum Gasteiger partial charge on any atom is -0.493 e. The molecule has 2 heteroatoms. The van der Waals surface area contributed by atoms with Crippen LogP contribution in [0.4, 0.5) is 0 Å². The molecule has 1 aromatic rings. The number of rotatable bonds is 4. The molecule has 0 radical (unpaired) electrons. The molecule has 1 aliphatic carbocycles. The molecule has 0 saturated heterocycles. The molecule has 1 saturated carbocycles. The molecule has 1 heterocycles. The van der Waals surface area contributed by atoms with Crippen molar-refractivity contribution < 1.29 is 4.74 Å². The van der Waals surface area contributed by atoms with Gasteiger partial charge in [0.05, 0.1) is 6.61 Å². The summed E-state index contributed by atoms with van der Waals surface area (Å²) in [5.74, 6) is 4.14. The summed E-state index contributed by atoms with van der Waals surface area (Å²) < 4.78 is 5.94. The van der Waals surface area contributed by atoms with Crippen LogP contribution in [0.2, 0.25) is 0 Å². The first kappa shape index (κ1) is 14.9. The van der Waals surface area contributed by atoms with Gasteiger partial charge >= 0.3 is 0 Å². The Labute approximate surface area is 129 Å². The Morgan fingerprint density at radius 2 is 2.00 bits per heavy atom. The number of likely N-dealkylation sites (N-methyl/N-ethyl adjacent to an activating group) is 1. The maximum Gasteiger partial charge on any atom is 0.122 e. The van der Waals surface area contributed by atoms with Gasteiger partial charge in [0.1, 0.15) is 5.75 Å². The summed E-state index contributed by atoms with van der Waals surface area (Å²) in [5, 5.41) is 3.79. The maximum atomic E-state index is 5.94. The number of para-hydroxylation sites is 1.